The van der Waals surface area contributed by atoms with Crippen LogP contribution >= 0.6 is 0 Å². The smallest absolute Gasteiger partial charge is 0.122 e. The Kier molecular flexibility index (Phi) is 12.0. The number of phenolic OH excluding ortho intramolecular Hbond substituents is 2. The van der Waals surface area contributed by atoms with Crippen LogP contribution in [0.15, 0.2) is 6.07 Å². The molecule has 0 radical (unpaired) electrons. The number of aliphatic hydroxyl groups is 1. The van der Waals surface area contributed by atoms with E-state index in [0.29, 0.717) is 24.3 Å². The van der Waals surface area contributed by atoms with Gasteiger partial charge >= 0.3 is 0 Å². The van der Waals surface area contributed by atoms with Crippen LogP contribution in [0.2, 0.25) is 0 Å². The molecule has 31 heavy (non-hydrogen) atoms. The molecule has 0 amide bonds. The molecule has 0 spiro atoms. The summed E-state index contributed by atoms with van der Waals surface area (Å²) >= 11 is 0. The quantitative estimate of drug-likeness (QED) is 0.246. The highest BCUT2D eigenvalue weighted by molar-refractivity contribution is 5.51. The Morgan fingerprint density at radius 2 is 1.29 bits per heavy atom. The summed E-state index contributed by atoms with van der Waals surface area (Å²) in [6.07, 6.45) is 12.1. The summed E-state index contributed by atoms with van der Waals surface area (Å²) in [5.74, 6) is 2.83. The van der Waals surface area contributed by atoms with Gasteiger partial charge in [-0.3, -0.25) is 0 Å². The number of hydrogen-bond acceptors (Lipinski definition) is 3. The van der Waals surface area contributed by atoms with E-state index >= 15 is 0 Å². The first-order chi connectivity index (χ1) is 14.4. The summed E-state index contributed by atoms with van der Waals surface area (Å²) in [5.41, 5.74) is 1.41. The van der Waals surface area contributed by atoms with E-state index in [2.05, 4.69) is 27.7 Å². The van der Waals surface area contributed by atoms with E-state index in [-0.39, 0.29) is 11.5 Å². The Balaban J connectivity index is 2.28. The lowest BCUT2D eigenvalue weighted by Gasteiger charge is -2.24. The lowest BCUT2D eigenvalue weighted by molar-refractivity contribution is 0.0385. The van der Waals surface area contributed by atoms with E-state index in [0.717, 1.165) is 42.2 Å². The van der Waals surface area contributed by atoms with Crippen LogP contribution < -0.4 is 0 Å². The SMILES string of the molecule is Cc1c(O)cc(CCC(C)(O)CCCC(C)CCCC(C)CCCC(C)C)c(O)c1C. The van der Waals surface area contributed by atoms with Crippen LogP contribution in [0, 0.1) is 31.6 Å². The lowest BCUT2D eigenvalue weighted by atomic mass is 9.87. The highest BCUT2D eigenvalue weighted by Crippen LogP contribution is 2.34. The van der Waals surface area contributed by atoms with Gasteiger partial charge in [0.25, 0.3) is 0 Å². The second-order valence-corrected chi connectivity index (χ2v) is 11.0. The minimum absolute atomic E-state index is 0.216. The molecule has 0 aliphatic heterocycles. The van der Waals surface area contributed by atoms with Gasteiger partial charge in [0.1, 0.15) is 11.5 Å². The molecule has 180 valence electrons. The molecule has 3 atom stereocenters. The number of hydrogen-bond donors (Lipinski definition) is 3. The predicted octanol–water partition coefficient (Wildman–Crippen LogP) is 7.84. The number of rotatable bonds is 15. The molecule has 0 saturated carbocycles. The highest BCUT2D eigenvalue weighted by Gasteiger charge is 2.22. The third-order valence-electron chi connectivity index (χ3n) is 7.13. The first kappa shape index (κ1) is 27.8. The molecule has 1 rings (SSSR count). The van der Waals surface area contributed by atoms with Crippen molar-refractivity contribution in [2.75, 3.05) is 0 Å². The van der Waals surface area contributed by atoms with Crippen molar-refractivity contribution in [2.24, 2.45) is 17.8 Å². The third-order valence-corrected chi connectivity index (χ3v) is 7.13. The van der Waals surface area contributed by atoms with Crippen molar-refractivity contribution in [3.05, 3.63) is 22.8 Å². The summed E-state index contributed by atoms with van der Waals surface area (Å²) in [6, 6.07) is 1.64. The summed E-state index contributed by atoms with van der Waals surface area (Å²) < 4.78 is 0. The highest BCUT2D eigenvalue weighted by atomic mass is 16.3. The molecule has 1 aromatic carbocycles. The van der Waals surface area contributed by atoms with Crippen molar-refractivity contribution in [1.29, 1.82) is 0 Å². The van der Waals surface area contributed by atoms with Crippen LogP contribution in [-0.2, 0) is 6.42 Å². The molecule has 0 bridgehead atoms. The van der Waals surface area contributed by atoms with Gasteiger partial charge in [-0.2, -0.15) is 0 Å². The number of aryl methyl sites for hydroxylation is 1. The zero-order valence-corrected chi connectivity index (χ0v) is 21.4. The molecule has 0 aliphatic rings. The molecule has 0 aliphatic carbocycles. The second-order valence-electron chi connectivity index (χ2n) is 11.0. The number of benzene rings is 1. The summed E-state index contributed by atoms with van der Waals surface area (Å²) in [5, 5.41) is 31.2. The van der Waals surface area contributed by atoms with E-state index in [1.807, 2.05) is 13.8 Å². The van der Waals surface area contributed by atoms with Crippen molar-refractivity contribution in [1.82, 2.24) is 0 Å². The van der Waals surface area contributed by atoms with Crippen LogP contribution in [0.1, 0.15) is 116 Å². The molecular weight excluding hydrogens is 384 g/mol. The van der Waals surface area contributed by atoms with E-state index in [1.165, 1.54) is 38.5 Å². The largest absolute Gasteiger partial charge is 0.508 e. The predicted molar refractivity (Wildman–Crippen MR) is 133 cm³/mol. The second kappa shape index (κ2) is 13.4. The maximum absolute atomic E-state index is 10.8. The average Bonchev–Trinajstić information content (AvgIpc) is 2.67. The minimum atomic E-state index is -0.745. The molecule has 3 unspecified atom stereocenters. The number of aromatic hydroxyl groups is 2. The van der Waals surface area contributed by atoms with Gasteiger partial charge in [-0.05, 0) is 80.5 Å². The van der Waals surface area contributed by atoms with Crippen molar-refractivity contribution < 1.29 is 15.3 Å². The molecule has 0 aromatic heterocycles. The standard InChI is InChI=1S/C28H50O3/c1-20(2)11-8-12-21(3)13-9-14-22(4)15-10-17-28(7,31)18-16-25-19-26(29)23(5)24(6)27(25)30/h19-22,29-31H,8-18H2,1-7H3. The first-order valence-corrected chi connectivity index (χ1v) is 12.7. The van der Waals surface area contributed by atoms with Crippen LogP contribution in [0.4, 0.5) is 0 Å². The van der Waals surface area contributed by atoms with Crippen LogP contribution in [0.3, 0.4) is 0 Å². The molecule has 0 saturated heterocycles. The van der Waals surface area contributed by atoms with Gasteiger partial charge in [-0.25, -0.2) is 0 Å². The van der Waals surface area contributed by atoms with E-state index in [1.54, 1.807) is 13.0 Å². The minimum Gasteiger partial charge on any atom is -0.508 e. The van der Waals surface area contributed by atoms with Gasteiger partial charge in [0.05, 0.1) is 5.60 Å². The molecule has 0 heterocycles. The summed E-state index contributed by atoms with van der Waals surface area (Å²) in [7, 11) is 0. The summed E-state index contributed by atoms with van der Waals surface area (Å²) in [4.78, 5) is 0. The van der Waals surface area contributed by atoms with Gasteiger partial charge in [0.2, 0.25) is 0 Å². The van der Waals surface area contributed by atoms with Crippen molar-refractivity contribution in [3.63, 3.8) is 0 Å². The number of phenols is 2. The fourth-order valence-corrected chi connectivity index (χ4v) is 4.48. The Morgan fingerprint density at radius 1 is 0.774 bits per heavy atom. The van der Waals surface area contributed by atoms with E-state index < -0.39 is 5.60 Å². The lowest BCUT2D eigenvalue weighted by Crippen LogP contribution is -2.25. The van der Waals surface area contributed by atoms with Gasteiger partial charge in [0, 0.05) is 0 Å². The normalized spacial score (nSPS) is 15.8. The Bertz CT molecular complexity index is 648. The third kappa shape index (κ3) is 10.8. The van der Waals surface area contributed by atoms with Gasteiger partial charge in [-0.15, -0.1) is 0 Å². The maximum atomic E-state index is 10.8. The monoisotopic (exact) mass is 434 g/mol. The first-order valence-electron chi connectivity index (χ1n) is 12.7. The van der Waals surface area contributed by atoms with E-state index in [9.17, 15) is 15.3 Å². The maximum Gasteiger partial charge on any atom is 0.122 e. The molecule has 3 N–H and O–H groups in total. The van der Waals surface area contributed by atoms with Gasteiger partial charge in [0.15, 0.2) is 0 Å². The van der Waals surface area contributed by atoms with Gasteiger partial charge < -0.3 is 15.3 Å². The van der Waals surface area contributed by atoms with Crippen molar-refractivity contribution in [3.8, 4) is 11.5 Å². The molecule has 1 aromatic rings. The zero-order valence-electron chi connectivity index (χ0n) is 21.4. The van der Waals surface area contributed by atoms with Crippen LogP contribution in [-0.4, -0.2) is 20.9 Å². The Labute approximate surface area is 192 Å². The topological polar surface area (TPSA) is 60.7 Å². The molecule has 3 nitrogen and oxygen atoms in total. The Morgan fingerprint density at radius 3 is 1.84 bits per heavy atom. The Hall–Kier alpha value is -1.22. The summed E-state index contributed by atoms with van der Waals surface area (Å²) in [6.45, 7) is 14.9. The van der Waals surface area contributed by atoms with Crippen LogP contribution in [0.25, 0.3) is 0 Å². The van der Waals surface area contributed by atoms with Crippen molar-refractivity contribution >= 4 is 0 Å². The molecule has 3 heteroatoms. The van der Waals surface area contributed by atoms with Gasteiger partial charge in [-0.1, -0.05) is 79.1 Å². The zero-order chi connectivity index (χ0) is 23.6. The fourth-order valence-electron chi connectivity index (χ4n) is 4.48. The van der Waals surface area contributed by atoms with E-state index in [4.69, 9.17) is 0 Å². The van der Waals surface area contributed by atoms with Crippen LogP contribution in [0.5, 0.6) is 11.5 Å². The van der Waals surface area contributed by atoms with Crippen molar-refractivity contribution in [2.45, 2.75) is 125 Å². The molecular formula is C28H50O3. The average molecular weight is 435 g/mol. The molecule has 0 fully saturated rings. The fraction of sp³-hybridized carbons (Fsp3) is 0.786.